The fourth-order valence-electron chi connectivity index (χ4n) is 4.56. The molecule has 0 saturated carbocycles. The van der Waals surface area contributed by atoms with Gasteiger partial charge in [0.15, 0.2) is 0 Å². The van der Waals surface area contributed by atoms with Crippen molar-refractivity contribution in [3.63, 3.8) is 0 Å². The van der Waals surface area contributed by atoms with Gasteiger partial charge in [0, 0.05) is 0 Å². The zero-order valence-corrected chi connectivity index (χ0v) is 18.7. The van der Waals surface area contributed by atoms with Crippen LogP contribution < -0.4 is 20.7 Å². The fraction of sp³-hybridized carbons (Fsp3) is 0.0345. The van der Waals surface area contributed by atoms with Gasteiger partial charge in [-0.25, -0.2) is 0 Å². The van der Waals surface area contributed by atoms with Crippen LogP contribution in [0, 0.1) is 11.3 Å². The molecule has 3 heteroatoms. The molecule has 1 heterocycles. The lowest BCUT2D eigenvalue weighted by Gasteiger charge is -2.35. The molecule has 0 amide bonds. The van der Waals surface area contributed by atoms with E-state index in [2.05, 4.69) is 97.1 Å². The Morgan fingerprint density at radius 1 is 0.688 bits per heavy atom. The van der Waals surface area contributed by atoms with Gasteiger partial charge in [0.2, 0.25) is 0 Å². The van der Waals surface area contributed by atoms with Crippen molar-refractivity contribution in [1.82, 2.24) is 0 Å². The van der Waals surface area contributed by atoms with E-state index in [0.29, 0.717) is 0 Å². The molecular weight excluding hydrogens is 409 g/mol. The number of ether oxygens (including phenoxy) is 1. The summed E-state index contributed by atoms with van der Waals surface area (Å²) in [4.78, 5) is 0. The van der Waals surface area contributed by atoms with Crippen LogP contribution in [0.4, 0.5) is 0 Å². The third kappa shape index (κ3) is 3.11. The molecule has 0 bridgehead atoms. The second-order valence-corrected chi connectivity index (χ2v) is 11.0. The molecular formula is C29H22NOP. The van der Waals surface area contributed by atoms with Crippen LogP contribution in [0.5, 0.6) is 5.75 Å². The summed E-state index contributed by atoms with van der Waals surface area (Å²) >= 11 is 0. The number of benzene rings is 4. The van der Waals surface area contributed by atoms with Gasteiger partial charge in [0.25, 0.3) is 0 Å². The highest BCUT2D eigenvalue weighted by atomic mass is 31.2. The number of nitrogens with zero attached hydrogens (tertiary/aromatic N) is 1. The number of allylic oxidation sites excluding steroid dienone is 1. The second kappa shape index (κ2) is 8.39. The molecule has 0 spiro atoms. The highest BCUT2D eigenvalue weighted by Gasteiger charge is 2.35. The minimum absolute atomic E-state index is 0.818. The van der Waals surface area contributed by atoms with Gasteiger partial charge < -0.3 is 4.74 Å². The molecule has 154 valence electrons. The minimum Gasteiger partial charge on any atom is -0.497 e. The van der Waals surface area contributed by atoms with Crippen molar-refractivity contribution in [1.29, 1.82) is 5.26 Å². The van der Waals surface area contributed by atoms with E-state index in [4.69, 9.17) is 4.74 Å². The van der Waals surface area contributed by atoms with E-state index in [1.54, 1.807) is 7.11 Å². The number of hydrogen-bond donors (Lipinski definition) is 0. The van der Waals surface area contributed by atoms with Crippen molar-refractivity contribution in [2.75, 3.05) is 7.11 Å². The molecule has 0 radical (unpaired) electrons. The molecule has 0 unspecified atom stereocenters. The highest BCUT2D eigenvalue weighted by Crippen LogP contribution is 2.51. The number of nitriles is 1. The van der Waals surface area contributed by atoms with Crippen LogP contribution in [0.2, 0.25) is 0 Å². The first-order chi connectivity index (χ1) is 15.8. The van der Waals surface area contributed by atoms with Gasteiger partial charge in [-0.05, 0) is 57.7 Å². The third-order valence-electron chi connectivity index (χ3n) is 6.00. The van der Waals surface area contributed by atoms with Gasteiger partial charge in [-0.15, -0.1) is 0 Å². The lowest BCUT2D eigenvalue weighted by molar-refractivity contribution is 0.415. The summed E-state index contributed by atoms with van der Waals surface area (Å²) in [5, 5.41) is 14.9. The first-order valence-electron chi connectivity index (χ1n) is 10.5. The van der Waals surface area contributed by atoms with Gasteiger partial charge in [0.1, 0.15) is 11.8 Å². The first-order valence-corrected chi connectivity index (χ1v) is 12.3. The van der Waals surface area contributed by atoms with Crippen molar-refractivity contribution in [2.45, 2.75) is 0 Å². The SMILES string of the molecule is COc1ccc(C2=CC(C#N)=P(c3ccccc3)(c3ccccc3)c3ccccc32)cc1. The zero-order chi connectivity index (χ0) is 22.0. The Hall–Kier alpha value is -3.79. The molecule has 0 aliphatic carbocycles. The Kier molecular flexibility index (Phi) is 5.28. The molecule has 1 aliphatic rings. The molecule has 2 nitrogen and oxygen atoms in total. The molecule has 0 fully saturated rings. The molecule has 0 aromatic heterocycles. The van der Waals surface area contributed by atoms with E-state index in [0.717, 1.165) is 22.2 Å². The molecule has 0 N–H and O–H groups in total. The zero-order valence-electron chi connectivity index (χ0n) is 17.8. The van der Waals surface area contributed by atoms with E-state index >= 15 is 0 Å². The van der Waals surface area contributed by atoms with Crippen molar-refractivity contribution < 1.29 is 4.74 Å². The van der Waals surface area contributed by atoms with Gasteiger partial charge in [0.05, 0.1) is 12.4 Å². The smallest absolute Gasteiger partial charge is 0.118 e. The van der Waals surface area contributed by atoms with Crippen LogP contribution in [0.15, 0.2) is 115 Å². The Morgan fingerprint density at radius 2 is 1.25 bits per heavy atom. The molecule has 4 aromatic carbocycles. The summed E-state index contributed by atoms with van der Waals surface area (Å²) in [5.41, 5.74) is 3.32. The van der Waals surface area contributed by atoms with Crippen LogP contribution in [0.1, 0.15) is 11.1 Å². The van der Waals surface area contributed by atoms with Crippen molar-refractivity contribution in [3.05, 3.63) is 126 Å². The van der Waals surface area contributed by atoms with Gasteiger partial charge in [-0.2, -0.15) is 5.26 Å². The summed E-state index contributed by atoms with van der Waals surface area (Å²) in [6.45, 7) is -2.31. The number of methoxy groups -OCH3 is 1. The van der Waals surface area contributed by atoms with Gasteiger partial charge in [-0.1, -0.05) is 97.1 Å². The molecule has 0 atom stereocenters. The third-order valence-corrected chi connectivity index (χ3v) is 10.2. The molecule has 32 heavy (non-hydrogen) atoms. The largest absolute Gasteiger partial charge is 0.497 e. The van der Waals surface area contributed by atoms with Crippen LogP contribution in [0.3, 0.4) is 0 Å². The summed E-state index contributed by atoms with van der Waals surface area (Å²) in [6, 6.07) is 40.3. The topological polar surface area (TPSA) is 33.0 Å². The quantitative estimate of drug-likeness (QED) is 0.420. The van der Waals surface area contributed by atoms with E-state index in [1.165, 1.54) is 21.5 Å². The maximum absolute atomic E-state index is 10.5. The minimum atomic E-state index is -2.31. The van der Waals surface area contributed by atoms with Gasteiger partial charge >= 0.3 is 0 Å². The van der Waals surface area contributed by atoms with Crippen LogP contribution in [-0.2, 0) is 0 Å². The van der Waals surface area contributed by atoms with Crippen LogP contribution >= 0.6 is 6.89 Å². The average Bonchev–Trinajstić information content (AvgIpc) is 2.88. The van der Waals surface area contributed by atoms with Crippen LogP contribution in [-0.4, -0.2) is 12.4 Å². The summed E-state index contributed by atoms with van der Waals surface area (Å²) < 4.78 is 5.35. The summed E-state index contributed by atoms with van der Waals surface area (Å²) in [6.07, 6.45) is 2.11. The maximum Gasteiger partial charge on any atom is 0.118 e. The van der Waals surface area contributed by atoms with E-state index < -0.39 is 6.89 Å². The molecule has 1 aliphatic heterocycles. The highest BCUT2D eigenvalue weighted by molar-refractivity contribution is 7.96. The Labute approximate surface area is 189 Å². The van der Waals surface area contributed by atoms with Crippen LogP contribution in [0.25, 0.3) is 5.57 Å². The fourth-order valence-corrected chi connectivity index (χ4v) is 8.81. The van der Waals surface area contributed by atoms with E-state index in [-0.39, 0.29) is 0 Å². The van der Waals surface area contributed by atoms with Crippen molar-refractivity contribution >= 4 is 33.7 Å². The van der Waals surface area contributed by atoms with E-state index in [1.807, 2.05) is 24.3 Å². The lowest BCUT2D eigenvalue weighted by atomic mass is 9.96. The number of hydrogen-bond acceptors (Lipinski definition) is 2. The summed E-state index contributed by atoms with van der Waals surface area (Å²) in [7, 11) is 1.67. The monoisotopic (exact) mass is 431 g/mol. The van der Waals surface area contributed by atoms with Crippen molar-refractivity contribution in [2.24, 2.45) is 0 Å². The number of rotatable bonds is 4. The van der Waals surface area contributed by atoms with Gasteiger partial charge in [-0.3, -0.25) is 0 Å². The first kappa shape index (κ1) is 20.1. The predicted octanol–water partition coefficient (Wildman–Crippen LogP) is 5.13. The summed E-state index contributed by atoms with van der Waals surface area (Å²) in [5.74, 6) is 0.818. The molecule has 5 rings (SSSR count). The molecule has 4 aromatic rings. The Morgan fingerprint density at radius 3 is 1.81 bits per heavy atom. The molecule has 0 saturated heterocycles. The lowest BCUT2D eigenvalue weighted by Crippen LogP contribution is -2.33. The average molecular weight is 431 g/mol. The normalized spacial score (nSPS) is 14.1. The van der Waals surface area contributed by atoms with E-state index in [9.17, 15) is 5.26 Å². The van der Waals surface area contributed by atoms with Crippen molar-refractivity contribution in [3.8, 4) is 11.8 Å². The second-order valence-electron chi connectivity index (χ2n) is 7.64. The Bertz CT molecular complexity index is 1350. The predicted molar refractivity (Wildman–Crippen MR) is 136 cm³/mol. The maximum atomic E-state index is 10.5. The Balaban J connectivity index is 1.93. The standard InChI is InChI=1S/C29H22NOP/c1-31-23-18-16-22(17-19-23)28-20-26(21-30)32(24-10-4-2-5-11-24,25-12-6-3-7-13-25)29-15-9-8-14-27(28)29/h2-20H,1H3. The number of fused-ring (bicyclic) bond motifs is 1.